The van der Waals surface area contributed by atoms with Crippen molar-refractivity contribution in [2.45, 2.75) is 18.6 Å². The van der Waals surface area contributed by atoms with Crippen LogP contribution in [0, 0.1) is 0 Å². The van der Waals surface area contributed by atoms with Gasteiger partial charge in [0.2, 0.25) is 0 Å². The van der Waals surface area contributed by atoms with Gasteiger partial charge in [-0.25, -0.2) is 0 Å². The van der Waals surface area contributed by atoms with E-state index < -0.39 is 11.7 Å². The van der Waals surface area contributed by atoms with Crippen LogP contribution in [0.2, 0.25) is 0 Å². The summed E-state index contributed by atoms with van der Waals surface area (Å²) in [6.07, 6.45) is -3.61. The average Bonchev–Trinajstić information content (AvgIpc) is 2.90. The molecule has 2 rings (SSSR count). The molecule has 1 N–H and O–H groups in total. The quantitative estimate of drug-likeness (QED) is 0.911. The molecule has 20 heavy (non-hydrogen) atoms. The van der Waals surface area contributed by atoms with Gasteiger partial charge in [0.25, 0.3) is 5.91 Å². The van der Waals surface area contributed by atoms with Gasteiger partial charge in [0.15, 0.2) is 0 Å². The van der Waals surface area contributed by atoms with E-state index in [1.807, 2.05) is 0 Å². The van der Waals surface area contributed by atoms with Gasteiger partial charge in [-0.1, -0.05) is 6.07 Å². The van der Waals surface area contributed by atoms with Crippen LogP contribution in [-0.4, -0.2) is 37.0 Å². The van der Waals surface area contributed by atoms with Gasteiger partial charge in [0, 0.05) is 25.2 Å². The Balaban J connectivity index is 0.00000200. The molecule has 1 aliphatic heterocycles. The van der Waals surface area contributed by atoms with E-state index in [0.29, 0.717) is 6.54 Å². The first-order chi connectivity index (χ1) is 8.89. The second-order valence-corrected chi connectivity index (χ2v) is 4.64. The van der Waals surface area contributed by atoms with Gasteiger partial charge < -0.3 is 10.2 Å². The Bertz CT molecular complexity index is 473. The number of benzene rings is 1. The molecule has 1 fully saturated rings. The number of nitrogens with one attached hydrogen (secondary N) is 1. The van der Waals surface area contributed by atoms with Crippen molar-refractivity contribution >= 4 is 18.3 Å². The lowest BCUT2D eigenvalue weighted by Gasteiger charge is -2.24. The second-order valence-electron chi connectivity index (χ2n) is 4.64. The van der Waals surface area contributed by atoms with E-state index >= 15 is 0 Å². The zero-order valence-electron chi connectivity index (χ0n) is 10.9. The summed E-state index contributed by atoms with van der Waals surface area (Å²) < 4.78 is 37.8. The number of rotatable bonds is 2. The maximum atomic E-state index is 12.6. The molecule has 1 heterocycles. The molecule has 7 heteroatoms. The number of hydrogen-bond acceptors (Lipinski definition) is 2. The standard InChI is InChI=1S/C13H15F3N2O.ClH/c1-18(11-5-6-17-8-11)12(19)9-3-2-4-10(7-9)13(14,15)16;/h2-4,7,11,17H,5-6,8H2,1H3;1H/t11-;/m0./s1. The van der Waals surface area contributed by atoms with Crippen LogP contribution in [0.4, 0.5) is 13.2 Å². The molecular weight excluding hydrogens is 293 g/mol. The third-order valence-corrected chi connectivity index (χ3v) is 3.34. The van der Waals surface area contributed by atoms with Gasteiger partial charge in [0.1, 0.15) is 0 Å². The average molecular weight is 309 g/mol. The lowest BCUT2D eigenvalue weighted by molar-refractivity contribution is -0.137. The molecule has 0 unspecified atom stereocenters. The Labute approximate surface area is 121 Å². The predicted molar refractivity (Wildman–Crippen MR) is 72.1 cm³/mol. The number of carbonyl (C=O) groups is 1. The van der Waals surface area contributed by atoms with Crippen LogP contribution in [0.25, 0.3) is 0 Å². The summed E-state index contributed by atoms with van der Waals surface area (Å²) in [5, 5.41) is 3.12. The number of nitrogens with zero attached hydrogens (tertiary/aromatic N) is 1. The molecule has 0 spiro atoms. The maximum absolute atomic E-state index is 12.6. The van der Waals surface area contributed by atoms with Gasteiger partial charge in [-0.05, 0) is 31.2 Å². The summed E-state index contributed by atoms with van der Waals surface area (Å²) in [5.41, 5.74) is -0.722. The fraction of sp³-hybridized carbons (Fsp3) is 0.462. The molecule has 0 bridgehead atoms. The first kappa shape index (κ1) is 16.8. The summed E-state index contributed by atoms with van der Waals surface area (Å²) >= 11 is 0. The minimum atomic E-state index is -4.43. The number of likely N-dealkylation sites (N-methyl/N-ethyl adjacent to an activating group) is 1. The number of carbonyl (C=O) groups excluding carboxylic acids is 1. The summed E-state index contributed by atoms with van der Waals surface area (Å²) in [4.78, 5) is 13.7. The number of hydrogen-bond donors (Lipinski definition) is 1. The van der Waals surface area contributed by atoms with E-state index in [0.717, 1.165) is 25.1 Å². The minimum Gasteiger partial charge on any atom is -0.337 e. The first-order valence-electron chi connectivity index (χ1n) is 6.05. The summed E-state index contributed by atoms with van der Waals surface area (Å²) in [5.74, 6) is -0.375. The smallest absolute Gasteiger partial charge is 0.337 e. The molecule has 1 aromatic rings. The fourth-order valence-electron chi connectivity index (χ4n) is 2.17. The number of amides is 1. The highest BCUT2D eigenvalue weighted by atomic mass is 35.5. The Hall–Kier alpha value is -1.27. The van der Waals surface area contributed by atoms with Crippen LogP contribution in [0.15, 0.2) is 24.3 Å². The van der Waals surface area contributed by atoms with Crippen molar-refractivity contribution in [2.24, 2.45) is 0 Å². The molecule has 3 nitrogen and oxygen atoms in total. The van der Waals surface area contributed by atoms with Gasteiger partial charge in [0.05, 0.1) is 5.56 Å². The van der Waals surface area contributed by atoms with Crippen molar-refractivity contribution < 1.29 is 18.0 Å². The number of halogens is 4. The Kier molecular flexibility index (Phi) is 5.42. The zero-order chi connectivity index (χ0) is 14.0. The van der Waals surface area contributed by atoms with E-state index in [9.17, 15) is 18.0 Å². The molecular formula is C13H16ClF3N2O. The SMILES string of the molecule is CN(C(=O)c1cccc(C(F)(F)F)c1)[C@H]1CCNC1.Cl. The lowest BCUT2D eigenvalue weighted by Crippen LogP contribution is -2.38. The van der Waals surface area contributed by atoms with E-state index in [1.54, 1.807) is 7.05 Å². The van der Waals surface area contributed by atoms with Crippen LogP contribution in [0.3, 0.4) is 0 Å². The minimum absolute atomic E-state index is 0. The number of alkyl halides is 3. The van der Waals surface area contributed by atoms with Gasteiger partial charge in [-0.2, -0.15) is 13.2 Å². The third kappa shape index (κ3) is 3.64. The van der Waals surface area contributed by atoms with E-state index in [-0.39, 0.29) is 29.9 Å². The molecule has 1 aromatic carbocycles. The fourth-order valence-corrected chi connectivity index (χ4v) is 2.17. The van der Waals surface area contributed by atoms with Crippen molar-refractivity contribution in [3.63, 3.8) is 0 Å². The summed E-state index contributed by atoms with van der Waals surface area (Å²) in [7, 11) is 1.63. The van der Waals surface area contributed by atoms with Crippen LogP contribution in [-0.2, 0) is 6.18 Å². The molecule has 1 amide bonds. The molecule has 112 valence electrons. The van der Waals surface area contributed by atoms with Crippen molar-refractivity contribution in [3.05, 3.63) is 35.4 Å². The lowest BCUT2D eigenvalue weighted by atomic mass is 10.1. The molecule has 0 aliphatic carbocycles. The van der Waals surface area contributed by atoms with Crippen molar-refractivity contribution in [3.8, 4) is 0 Å². The topological polar surface area (TPSA) is 32.3 Å². The maximum Gasteiger partial charge on any atom is 0.416 e. The van der Waals surface area contributed by atoms with E-state index in [1.165, 1.54) is 17.0 Å². The molecule has 1 aliphatic rings. The van der Waals surface area contributed by atoms with Crippen LogP contribution in [0.1, 0.15) is 22.3 Å². The molecule has 0 radical (unpaired) electrons. The highest BCUT2D eigenvalue weighted by Gasteiger charge is 2.31. The Morgan fingerprint density at radius 3 is 2.65 bits per heavy atom. The van der Waals surface area contributed by atoms with Gasteiger partial charge >= 0.3 is 6.18 Å². The van der Waals surface area contributed by atoms with Crippen LogP contribution < -0.4 is 5.32 Å². The summed E-state index contributed by atoms with van der Waals surface area (Å²) in [6.45, 7) is 1.51. The highest BCUT2D eigenvalue weighted by Crippen LogP contribution is 2.29. The molecule has 0 saturated carbocycles. The summed E-state index contributed by atoms with van der Waals surface area (Å²) in [6, 6.07) is 4.59. The highest BCUT2D eigenvalue weighted by molar-refractivity contribution is 5.94. The van der Waals surface area contributed by atoms with E-state index in [4.69, 9.17) is 0 Å². The van der Waals surface area contributed by atoms with Crippen molar-refractivity contribution in [2.75, 3.05) is 20.1 Å². The van der Waals surface area contributed by atoms with Crippen LogP contribution >= 0.6 is 12.4 Å². The molecule has 0 aromatic heterocycles. The van der Waals surface area contributed by atoms with Crippen LogP contribution in [0.5, 0.6) is 0 Å². The largest absolute Gasteiger partial charge is 0.416 e. The molecule has 1 saturated heterocycles. The third-order valence-electron chi connectivity index (χ3n) is 3.34. The molecule has 1 atom stereocenters. The van der Waals surface area contributed by atoms with E-state index in [2.05, 4.69) is 5.32 Å². The van der Waals surface area contributed by atoms with Crippen molar-refractivity contribution in [1.29, 1.82) is 0 Å². The first-order valence-corrected chi connectivity index (χ1v) is 6.05. The van der Waals surface area contributed by atoms with Gasteiger partial charge in [-0.15, -0.1) is 12.4 Å². The Morgan fingerprint density at radius 1 is 1.40 bits per heavy atom. The Morgan fingerprint density at radius 2 is 2.10 bits per heavy atom. The monoisotopic (exact) mass is 308 g/mol. The van der Waals surface area contributed by atoms with Gasteiger partial charge in [-0.3, -0.25) is 4.79 Å². The predicted octanol–water partition coefficient (Wildman–Crippen LogP) is 2.56. The van der Waals surface area contributed by atoms with Crippen molar-refractivity contribution in [1.82, 2.24) is 10.2 Å². The zero-order valence-corrected chi connectivity index (χ0v) is 11.7. The second kappa shape index (κ2) is 6.45. The normalized spacial score (nSPS) is 18.5.